The number of esters is 1. The van der Waals surface area contributed by atoms with Gasteiger partial charge in [-0.15, -0.1) is 15.3 Å². The summed E-state index contributed by atoms with van der Waals surface area (Å²) in [4.78, 5) is 24.3. The predicted molar refractivity (Wildman–Crippen MR) is 98.7 cm³/mol. The van der Waals surface area contributed by atoms with Crippen molar-refractivity contribution in [3.8, 4) is 11.6 Å². The van der Waals surface area contributed by atoms with E-state index in [4.69, 9.17) is 16.3 Å². The van der Waals surface area contributed by atoms with E-state index in [-0.39, 0.29) is 24.5 Å². The highest BCUT2D eigenvalue weighted by atomic mass is 35.5. The second-order valence-corrected chi connectivity index (χ2v) is 5.93. The van der Waals surface area contributed by atoms with Crippen LogP contribution in [0.15, 0.2) is 21.1 Å². The first kappa shape index (κ1) is 21.4. The molecular formula is C16H20ClN5O6. The van der Waals surface area contributed by atoms with Crippen LogP contribution >= 0.6 is 11.6 Å². The first-order valence-corrected chi connectivity index (χ1v) is 8.60. The highest BCUT2D eigenvalue weighted by Crippen LogP contribution is 2.34. The number of carbonyl (C=O) groups excluding carboxylic acids is 1. The van der Waals surface area contributed by atoms with Gasteiger partial charge in [0.1, 0.15) is 5.15 Å². The molecule has 2 aromatic heterocycles. The summed E-state index contributed by atoms with van der Waals surface area (Å²) in [5.41, 5.74) is -1.49. The van der Waals surface area contributed by atoms with Crippen LogP contribution in [-0.4, -0.2) is 51.4 Å². The quantitative estimate of drug-likeness (QED) is 0.497. The minimum Gasteiger partial charge on any atom is -0.505 e. The molecule has 0 aromatic carbocycles. The second kappa shape index (κ2) is 9.33. The lowest BCUT2D eigenvalue weighted by Gasteiger charge is -2.14. The van der Waals surface area contributed by atoms with Crippen LogP contribution in [-0.2, 0) is 33.8 Å². The van der Waals surface area contributed by atoms with Crippen molar-refractivity contribution >= 4 is 29.1 Å². The summed E-state index contributed by atoms with van der Waals surface area (Å²) in [5, 5.41) is 32.7. The van der Waals surface area contributed by atoms with Crippen molar-refractivity contribution < 1.29 is 24.5 Å². The van der Waals surface area contributed by atoms with E-state index in [9.17, 15) is 19.8 Å². The first-order chi connectivity index (χ1) is 13.3. The van der Waals surface area contributed by atoms with E-state index in [1.165, 1.54) is 17.9 Å². The molecule has 28 heavy (non-hydrogen) atoms. The number of nitrogens with zero attached hydrogens (tertiary/aromatic N) is 5. The smallest absolute Gasteiger partial charge is 0.310 e. The van der Waals surface area contributed by atoms with E-state index < -0.39 is 35.3 Å². The van der Waals surface area contributed by atoms with E-state index in [1.807, 2.05) is 6.92 Å². The van der Waals surface area contributed by atoms with Crippen LogP contribution < -0.4 is 5.56 Å². The molecule has 0 bridgehead atoms. The van der Waals surface area contributed by atoms with Crippen LogP contribution in [0.25, 0.3) is 0 Å². The summed E-state index contributed by atoms with van der Waals surface area (Å²) in [6.45, 7) is 2.41. The molecule has 2 aromatic rings. The molecule has 0 saturated carbocycles. The lowest BCUT2D eigenvalue weighted by molar-refractivity contribution is -0.139. The number of aromatic hydroxyl groups is 2. The molecule has 11 nitrogen and oxygen atoms in total. The van der Waals surface area contributed by atoms with Gasteiger partial charge >= 0.3 is 5.97 Å². The van der Waals surface area contributed by atoms with Gasteiger partial charge in [0.25, 0.3) is 5.56 Å². The zero-order valence-corrected chi connectivity index (χ0v) is 16.3. The summed E-state index contributed by atoms with van der Waals surface area (Å²) in [6, 6.07) is 1.44. The third kappa shape index (κ3) is 4.49. The average molecular weight is 414 g/mol. The minimum absolute atomic E-state index is 0.0333. The number of aromatic nitrogens is 3. The van der Waals surface area contributed by atoms with Crippen LogP contribution in [0.1, 0.15) is 12.5 Å². The molecule has 12 heteroatoms. The van der Waals surface area contributed by atoms with E-state index in [1.54, 1.807) is 0 Å². The third-order valence-electron chi connectivity index (χ3n) is 3.82. The highest BCUT2D eigenvalue weighted by Gasteiger charge is 2.23. The van der Waals surface area contributed by atoms with Gasteiger partial charge in [0, 0.05) is 19.7 Å². The molecule has 0 aliphatic heterocycles. The maximum Gasteiger partial charge on any atom is 0.310 e. The second-order valence-electron chi connectivity index (χ2n) is 5.54. The van der Waals surface area contributed by atoms with Crippen LogP contribution in [0.3, 0.4) is 0 Å². The SMILES string of the molecule is CCn1nc(N=Nc2c(O)c(CC(=O)OC)c(O)n(CCOC)c2=O)cc1Cl. The lowest BCUT2D eigenvalue weighted by Crippen LogP contribution is -2.24. The normalized spacial score (nSPS) is 11.3. The number of halogens is 1. The molecule has 0 amide bonds. The number of rotatable bonds is 8. The van der Waals surface area contributed by atoms with Gasteiger partial charge in [-0.25, -0.2) is 0 Å². The van der Waals surface area contributed by atoms with E-state index in [2.05, 4.69) is 20.1 Å². The van der Waals surface area contributed by atoms with Crippen molar-refractivity contribution in [2.45, 2.75) is 26.4 Å². The Bertz CT molecular complexity index is 952. The first-order valence-electron chi connectivity index (χ1n) is 8.22. The van der Waals surface area contributed by atoms with E-state index >= 15 is 0 Å². The topological polar surface area (TPSA) is 141 Å². The Hall–Kier alpha value is -2.92. The maximum atomic E-state index is 12.6. The Labute approximate surface area is 164 Å². The van der Waals surface area contributed by atoms with Crippen molar-refractivity contribution in [2.75, 3.05) is 20.8 Å². The Kier molecular flexibility index (Phi) is 7.12. The van der Waals surface area contributed by atoms with Crippen molar-refractivity contribution in [1.82, 2.24) is 14.3 Å². The number of ether oxygens (including phenoxy) is 2. The molecule has 0 unspecified atom stereocenters. The molecule has 2 heterocycles. The van der Waals surface area contributed by atoms with Crippen LogP contribution in [0, 0.1) is 0 Å². The fraction of sp³-hybridized carbons (Fsp3) is 0.438. The largest absolute Gasteiger partial charge is 0.505 e. The molecule has 0 atom stereocenters. The van der Waals surface area contributed by atoms with Gasteiger partial charge in [0.2, 0.25) is 5.88 Å². The highest BCUT2D eigenvalue weighted by molar-refractivity contribution is 6.29. The molecule has 0 spiro atoms. The Morgan fingerprint density at radius 2 is 2.04 bits per heavy atom. The molecule has 0 saturated heterocycles. The maximum absolute atomic E-state index is 12.6. The molecule has 2 rings (SSSR count). The van der Waals surface area contributed by atoms with Crippen molar-refractivity contribution in [3.05, 3.63) is 27.1 Å². The van der Waals surface area contributed by atoms with Gasteiger partial charge in [-0.2, -0.15) is 0 Å². The summed E-state index contributed by atoms with van der Waals surface area (Å²) < 4.78 is 11.9. The average Bonchev–Trinajstić information content (AvgIpc) is 3.04. The van der Waals surface area contributed by atoms with Crippen molar-refractivity contribution in [1.29, 1.82) is 0 Å². The standard InChI is InChI=1S/C16H20ClN5O6/c1-4-22-10(17)8-11(20-22)18-19-13-14(24)9(7-12(23)28-3)15(25)21(16(13)26)5-6-27-2/h8,24-25H,4-7H2,1-3H3. The number of carbonyl (C=O) groups is 1. The van der Waals surface area contributed by atoms with E-state index in [0.29, 0.717) is 11.7 Å². The number of aryl methyl sites for hydroxylation is 1. The summed E-state index contributed by atoms with van der Waals surface area (Å²) in [5.74, 6) is -1.86. The van der Waals surface area contributed by atoms with Crippen LogP contribution in [0.4, 0.5) is 11.5 Å². The number of hydrogen-bond donors (Lipinski definition) is 2. The lowest BCUT2D eigenvalue weighted by atomic mass is 10.1. The molecule has 0 fully saturated rings. The van der Waals surface area contributed by atoms with E-state index in [0.717, 1.165) is 11.7 Å². The molecular weight excluding hydrogens is 394 g/mol. The van der Waals surface area contributed by atoms with Gasteiger partial charge in [-0.3, -0.25) is 18.8 Å². The molecule has 0 aliphatic rings. The Morgan fingerprint density at radius 1 is 1.32 bits per heavy atom. The molecule has 2 N–H and O–H groups in total. The zero-order chi connectivity index (χ0) is 20.8. The summed E-state index contributed by atoms with van der Waals surface area (Å²) in [6.07, 6.45) is -0.472. The summed E-state index contributed by atoms with van der Waals surface area (Å²) >= 11 is 5.98. The molecule has 152 valence electrons. The number of azo groups is 1. The molecule has 0 aliphatic carbocycles. The number of hydrogen-bond acceptors (Lipinski definition) is 9. The monoisotopic (exact) mass is 413 g/mol. The van der Waals surface area contributed by atoms with Gasteiger partial charge in [0.15, 0.2) is 17.3 Å². The summed E-state index contributed by atoms with van der Waals surface area (Å²) in [7, 11) is 2.58. The fourth-order valence-electron chi connectivity index (χ4n) is 2.35. The fourth-order valence-corrected chi connectivity index (χ4v) is 2.60. The van der Waals surface area contributed by atoms with Crippen LogP contribution in [0.2, 0.25) is 5.15 Å². The van der Waals surface area contributed by atoms with Crippen molar-refractivity contribution in [2.24, 2.45) is 10.2 Å². The number of pyridine rings is 1. The van der Waals surface area contributed by atoms with Gasteiger partial charge in [0.05, 0.1) is 32.2 Å². The minimum atomic E-state index is -0.814. The van der Waals surface area contributed by atoms with Gasteiger partial charge in [-0.1, -0.05) is 11.6 Å². The number of methoxy groups -OCH3 is 2. The van der Waals surface area contributed by atoms with Gasteiger partial charge in [-0.05, 0) is 6.92 Å². The zero-order valence-electron chi connectivity index (χ0n) is 15.5. The molecule has 0 radical (unpaired) electrons. The van der Waals surface area contributed by atoms with Crippen molar-refractivity contribution in [3.63, 3.8) is 0 Å². The predicted octanol–water partition coefficient (Wildman–Crippen LogP) is 1.91. The Balaban J connectivity index is 2.57. The van der Waals surface area contributed by atoms with Gasteiger partial charge < -0.3 is 19.7 Å². The Morgan fingerprint density at radius 3 is 2.61 bits per heavy atom. The third-order valence-corrected chi connectivity index (χ3v) is 4.13. The van der Waals surface area contributed by atoms with Crippen LogP contribution in [0.5, 0.6) is 11.6 Å².